The largest absolute Gasteiger partial charge is 0.323 e. The number of nitrogens with one attached hydrogen (secondary N) is 2. The molecule has 0 aromatic rings. The number of rotatable bonds is 4. The minimum absolute atomic E-state index is 0.0809. The van der Waals surface area contributed by atoms with E-state index in [4.69, 9.17) is 5.41 Å². The van der Waals surface area contributed by atoms with Crippen molar-refractivity contribution in [2.24, 2.45) is 5.92 Å². The van der Waals surface area contributed by atoms with Crippen molar-refractivity contribution in [2.45, 2.75) is 45.6 Å². The number of hydrogen-bond acceptors (Lipinski definition) is 3. The summed E-state index contributed by atoms with van der Waals surface area (Å²) in [7, 11) is 0. The SMILES string of the molecule is CCCN1CCC2(CC1)C(=N)NC(=O)N2CC(C)C. The van der Waals surface area contributed by atoms with Gasteiger partial charge < -0.3 is 9.80 Å². The third-order valence-corrected chi connectivity index (χ3v) is 4.23. The molecule has 0 unspecified atom stereocenters. The van der Waals surface area contributed by atoms with Gasteiger partial charge in [0.2, 0.25) is 0 Å². The Labute approximate surface area is 115 Å². The number of carbonyl (C=O) groups excluding carboxylic acids is 1. The molecule has 0 saturated carbocycles. The standard InChI is InChI=1S/C14H26N4O/c1-4-7-17-8-5-14(6-9-17)12(15)16-13(19)18(14)10-11(2)3/h11H,4-10H2,1-3H3,(H2,15,16,19). The summed E-state index contributed by atoms with van der Waals surface area (Å²) in [4.78, 5) is 16.4. The van der Waals surface area contributed by atoms with E-state index in [-0.39, 0.29) is 11.6 Å². The smallest absolute Gasteiger partial charge is 0.311 e. The average molecular weight is 266 g/mol. The normalized spacial score (nSPS) is 23.5. The highest BCUT2D eigenvalue weighted by atomic mass is 16.2. The molecule has 2 amide bonds. The van der Waals surface area contributed by atoms with E-state index in [0.717, 1.165) is 45.4 Å². The first kappa shape index (κ1) is 14.3. The van der Waals surface area contributed by atoms with Crippen molar-refractivity contribution in [1.29, 1.82) is 5.41 Å². The van der Waals surface area contributed by atoms with Crippen LogP contribution in [0.3, 0.4) is 0 Å². The third kappa shape index (κ3) is 2.61. The minimum Gasteiger partial charge on any atom is -0.311 e. The van der Waals surface area contributed by atoms with Crippen LogP contribution in [0.25, 0.3) is 0 Å². The highest BCUT2D eigenvalue weighted by Crippen LogP contribution is 2.34. The summed E-state index contributed by atoms with van der Waals surface area (Å²) in [5.41, 5.74) is -0.356. The van der Waals surface area contributed by atoms with Crippen LogP contribution in [0.2, 0.25) is 0 Å². The number of carbonyl (C=O) groups is 1. The van der Waals surface area contributed by atoms with Crippen molar-refractivity contribution in [2.75, 3.05) is 26.2 Å². The number of piperidine rings is 1. The van der Waals surface area contributed by atoms with Crippen LogP contribution in [-0.4, -0.2) is 53.4 Å². The van der Waals surface area contributed by atoms with Gasteiger partial charge in [0.25, 0.3) is 0 Å². The molecule has 0 radical (unpaired) electrons. The second-order valence-electron chi connectivity index (χ2n) is 6.18. The number of urea groups is 1. The van der Waals surface area contributed by atoms with Crippen molar-refractivity contribution < 1.29 is 4.79 Å². The zero-order chi connectivity index (χ0) is 14.0. The van der Waals surface area contributed by atoms with E-state index < -0.39 is 0 Å². The summed E-state index contributed by atoms with van der Waals surface area (Å²) in [6, 6.07) is -0.0809. The van der Waals surface area contributed by atoms with Gasteiger partial charge in [-0.3, -0.25) is 10.7 Å². The molecule has 19 heavy (non-hydrogen) atoms. The molecule has 0 aliphatic carbocycles. The van der Waals surface area contributed by atoms with Gasteiger partial charge in [-0.15, -0.1) is 0 Å². The molecular formula is C14H26N4O. The second kappa shape index (κ2) is 5.49. The van der Waals surface area contributed by atoms with Gasteiger partial charge in [-0.25, -0.2) is 4.79 Å². The molecule has 1 spiro atoms. The summed E-state index contributed by atoms with van der Waals surface area (Å²) in [5, 5.41) is 10.9. The molecular weight excluding hydrogens is 240 g/mol. The van der Waals surface area contributed by atoms with Gasteiger partial charge in [0.15, 0.2) is 0 Å². The Morgan fingerprint density at radius 2 is 2.00 bits per heavy atom. The van der Waals surface area contributed by atoms with Crippen molar-refractivity contribution in [3.63, 3.8) is 0 Å². The van der Waals surface area contributed by atoms with Gasteiger partial charge in [-0.05, 0) is 31.7 Å². The van der Waals surface area contributed by atoms with Gasteiger partial charge in [0.1, 0.15) is 11.4 Å². The van der Waals surface area contributed by atoms with Crippen LogP contribution in [-0.2, 0) is 0 Å². The monoisotopic (exact) mass is 266 g/mol. The van der Waals surface area contributed by atoms with Gasteiger partial charge in [0.05, 0.1) is 0 Å². The molecule has 2 saturated heterocycles. The lowest BCUT2D eigenvalue weighted by Crippen LogP contribution is -2.57. The molecule has 2 aliphatic heterocycles. The molecule has 5 nitrogen and oxygen atoms in total. The maximum absolute atomic E-state index is 12.1. The molecule has 108 valence electrons. The molecule has 2 aliphatic rings. The van der Waals surface area contributed by atoms with Gasteiger partial charge >= 0.3 is 6.03 Å². The maximum Gasteiger partial charge on any atom is 0.323 e. The molecule has 5 heteroatoms. The average Bonchev–Trinajstić information content (AvgIpc) is 2.57. The Hall–Kier alpha value is -1.10. The molecule has 2 N–H and O–H groups in total. The van der Waals surface area contributed by atoms with E-state index in [1.54, 1.807) is 0 Å². The summed E-state index contributed by atoms with van der Waals surface area (Å²) in [5.74, 6) is 0.844. The van der Waals surface area contributed by atoms with E-state index in [0.29, 0.717) is 11.8 Å². The highest BCUT2D eigenvalue weighted by molar-refractivity contribution is 6.08. The Bertz CT molecular complexity index is 358. The molecule has 0 bridgehead atoms. The fourth-order valence-electron chi connectivity index (χ4n) is 3.23. The van der Waals surface area contributed by atoms with E-state index in [2.05, 4.69) is 31.0 Å². The minimum atomic E-state index is -0.356. The highest BCUT2D eigenvalue weighted by Gasteiger charge is 2.51. The first-order valence-corrected chi connectivity index (χ1v) is 7.39. The van der Waals surface area contributed by atoms with Crippen LogP contribution in [0.15, 0.2) is 0 Å². The fourth-order valence-corrected chi connectivity index (χ4v) is 3.23. The first-order valence-electron chi connectivity index (χ1n) is 7.39. The van der Waals surface area contributed by atoms with Crippen LogP contribution in [0.1, 0.15) is 40.0 Å². The summed E-state index contributed by atoms with van der Waals surface area (Å²) < 4.78 is 0. The molecule has 2 rings (SSSR count). The van der Waals surface area contributed by atoms with Crippen molar-refractivity contribution in [1.82, 2.24) is 15.1 Å². The van der Waals surface area contributed by atoms with E-state index in [1.165, 1.54) is 0 Å². The van der Waals surface area contributed by atoms with Crippen molar-refractivity contribution >= 4 is 11.9 Å². The van der Waals surface area contributed by atoms with Gasteiger partial charge in [0, 0.05) is 19.6 Å². The van der Waals surface area contributed by atoms with Crippen LogP contribution >= 0.6 is 0 Å². The number of nitrogens with zero attached hydrogens (tertiary/aromatic N) is 2. The number of hydrogen-bond donors (Lipinski definition) is 2. The lowest BCUT2D eigenvalue weighted by Gasteiger charge is -2.43. The fraction of sp³-hybridized carbons (Fsp3) is 0.857. The zero-order valence-electron chi connectivity index (χ0n) is 12.3. The Kier molecular flexibility index (Phi) is 4.13. The quantitative estimate of drug-likeness (QED) is 0.816. The molecule has 2 fully saturated rings. The molecule has 0 atom stereocenters. The lowest BCUT2D eigenvalue weighted by molar-refractivity contribution is 0.0960. The maximum atomic E-state index is 12.1. The predicted molar refractivity (Wildman–Crippen MR) is 76.5 cm³/mol. The van der Waals surface area contributed by atoms with Crippen LogP contribution in [0.5, 0.6) is 0 Å². The molecule has 2 heterocycles. The van der Waals surface area contributed by atoms with E-state index >= 15 is 0 Å². The Morgan fingerprint density at radius 3 is 2.53 bits per heavy atom. The second-order valence-corrected chi connectivity index (χ2v) is 6.18. The number of amidine groups is 1. The van der Waals surface area contributed by atoms with Crippen molar-refractivity contribution in [3.8, 4) is 0 Å². The van der Waals surface area contributed by atoms with Crippen LogP contribution in [0.4, 0.5) is 4.79 Å². The summed E-state index contributed by atoms with van der Waals surface area (Å²) >= 11 is 0. The van der Waals surface area contributed by atoms with Gasteiger partial charge in [-0.2, -0.15) is 0 Å². The Morgan fingerprint density at radius 1 is 1.37 bits per heavy atom. The molecule has 0 aromatic carbocycles. The number of amides is 2. The van der Waals surface area contributed by atoms with Crippen LogP contribution < -0.4 is 5.32 Å². The molecule has 0 aromatic heterocycles. The van der Waals surface area contributed by atoms with Gasteiger partial charge in [-0.1, -0.05) is 20.8 Å². The third-order valence-electron chi connectivity index (χ3n) is 4.23. The lowest BCUT2D eigenvalue weighted by atomic mass is 9.85. The predicted octanol–water partition coefficient (Wildman–Crippen LogP) is 1.89. The Balaban J connectivity index is 2.11. The summed E-state index contributed by atoms with van der Waals surface area (Å²) in [6.45, 7) is 10.3. The van der Waals surface area contributed by atoms with E-state index in [9.17, 15) is 4.79 Å². The zero-order valence-corrected chi connectivity index (χ0v) is 12.3. The van der Waals surface area contributed by atoms with Crippen LogP contribution in [0, 0.1) is 11.3 Å². The number of likely N-dealkylation sites (tertiary alicyclic amines) is 1. The summed E-state index contributed by atoms with van der Waals surface area (Å²) in [6.07, 6.45) is 2.94. The topological polar surface area (TPSA) is 59.4 Å². The first-order chi connectivity index (χ1) is 8.99. The van der Waals surface area contributed by atoms with E-state index in [1.807, 2.05) is 4.90 Å². The van der Waals surface area contributed by atoms with Crippen molar-refractivity contribution in [3.05, 3.63) is 0 Å².